The molecule has 39 heavy (non-hydrogen) atoms. The first-order chi connectivity index (χ1) is 19.0. The molecule has 0 aliphatic heterocycles. The lowest BCUT2D eigenvalue weighted by Crippen LogP contribution is -2.24. The minimum Gasteiger partial charge on any atom is -0.456 e. The fourth-order valence-corrected chi connectivity index (χ4v) is 3.79. The van der Waals surface area contributed by atoms with Gasteiger partial charge in [-0.25, -0.2) is 4.98 Å². The first-order valence-electron chi connectivity index (χ1n) is 12.5. The van der Waals surface area contributed by atoms with Gasteiger partial charge in [-0.2, -0.15) is 4.98 Å². The number of para-hydroxylation sites is 1. The SMILES string of the molecule is C=Nc1cnc(N)nc1N(C)CCOCP(NC)Oc1ccccc1.CCOC.O=CCCc1ccccc1. The lowest BCUT2D eigenvalue weighted by molar-refractivity contribution is -0.107. The van der Waals surface area contributed by atoms with Crippen LogP contribution in [0, 0.1) is 0 Å². The number of aryl methyl sites for hydroxylation is 1. The molecule has 1 unspecified atom stereocenters. The van der Waals surface area contributed by atoms with E-state index in [1.165, 1.54) is 5.56 Å². The molecule has 11 heteroatoms. The molecule has 0 amide bonds. The van der Waals surface area contributed by atoms with Gasteiger partial charge in [-0.15, -0.1) is 0 Å². The van der Waals surface area contributed by atoms with E-state index in [4.69, 9.17) is 15.0 Å². The van der Waals surface area contributed by atoms with Crippen molar-refractivity contribution in [3.8, 4) is 5.75 Å². The van der Waals surface area contributed by atoms with Crippen LogP contribution in [-0.2, 0) is 20.7 Å². The number of aliphatic imine (C=N–C) groups is 1. The molecule has 0 fully saturated rings. The Balaban J connectivity index is 0.000000446. The third-order valence-corrected chi connectivity index (χ3v) is 6.32. The molecule has 0 aliphatic carbocycles. The summed E-state index contributed by atoms with van der Waals surface area (Å²) in [5.41, 5.74) is 7.46. The number of anilines is 2. The van der Waals surface area contributed by atoms with Crippen molar-refractivity contribution in [1.29, 1.82) is 0 Å². The maximum Gasteiger partial charge on any atom is 0.222 e. The van der Waals surface area contributed by atoms with Gasteiger partial charge < -0.3 is 29.4 Å². The average Bonchev–Trinajstić information content (AvgIpc) is 2.99. The number of aldehydes is 1. The van der Waals surface area contributed by atoms with Crippen molar-refractivity contribution in [3.63, 3.8) is 0 Å². The molecule has 2 aromatic carbocycles. The summed E-state index contributed by atoms with van der Waals surface area (Å²) in [5.74, 6) is 1.65. The summed E-state index contributed by atoms with van der Waals surface area (Å²) < 4.78 is 16.1. The topological polar surface area (TPSA) is 124 Å². The molecular weight excluding hydrogens is 515 g/mol. The number of nitrogens with two attached hydrogens (primary N) is 1. The van der Waals surface area contributed by atoms with E-state index in [1.54, 1.807) is 13.3 Å². The number of ether oxygens (including phenoxy) is 2. The van der Waals surface area contributed by atoms with Gasteiger partial charge in [0.2, 0.25) is 5.95 Å². The van der Waals surface area contributed by atoms with Crippen LogP contribution in [0.4, 0.5) is 17.5 Å². The van der Waals surface area contributed by atoms with Crippen LogP contribution in [0.3, 0.4) is 0 Å². The number of nitrogen functional groups attached to an aromatic ring is 1. The van der Waals surface area contributed by atoms with Crippen LogP contribution in [0.15, 0.2) is 71.9 Å². The Bertz CT molecular complexity index is 1040. The van der Waals surface area contributed by atoms with Crippen LogP contribution >= 0.6 is 8.30 Å². The van der Waals surface area contributed by atoms with Crippen molar-refractivity contribution >= 4 is 38.8 Å². The molecule has 0 bridgehead atoms. The highest BCUT2D eigenvalue weighted by molar-refractivity contribution is 7.50. The van der Waals surface area contributed by atoms with Crippen LogP contribution < -0.4 is 20.2 Å². The Morgan fingerprint density at radius 3 is 2.36 bits per heavy atom. The first kappa shape index (κ1) is 33.6. The largest absolute Gasteiger partial charge is 0.456 e. The summed E-state index contributed by atoms with van der Waals surface area (Å²) in [7, 11) is 4.53. The van der Waals surface area contributed by atoms with Gasteiger partial charge in [0, 0.05) is 33.7 Å². The van der Waals surface area contributed by atoms with E-state index in [1.807, 2.05) is 86.6 Å². The predicted molar refractivity (Wildman–Crippen MR) is 161 cm³/mol. The summed E-state index contributed by atoms with van der Waals surface area (Å²) in [6.45, 7) is 7.43. The molecule has 0 aliphatic rings. The number of methoxy groups -OCH3 is 1. The highest BCUT2D eigenvalue weighted by Gasteiger charge is 2.12. The van der Waals surface area contributed by atoms with E-state index < -0.39 is 8.30 Å². The van der Waals surface area contributed by atoms with E-state index in [-0.39, 0.29) is 5.95 Å². The molecule has 10 nitrogen and oxygen atoms in total. The van der Waals surface area contributed by atoms with Gasteiger partial charge in [0.05, 0.1) is 12.8 Å². The molecule has 1 aromatic heterocycles. The number of hydrogen-bond acceptors (Lipinski definition) is 10. The van der Waals surface area contributed by atoms with E-state index in [9.17, 15) is 4.79 Å². The molecule has 3 aromatic rings. The molecule has 0 saturated heterocycles. The van der Waals surface area contributed by atoms with Crippen LogP contribution in [0.25, 0.3) is 0 Å². The zero-order valence-corrected chi connectivity index (χ0v) is 24.2. The van der Waals surface area contributed by atoms with Gasteiger partial charge >= 0.3 is 0 Å². The Morgan fingerprint density at radius 2 is 1.79 bits per heavy atom. The molecule has 3 N–H and O–H groups in total. The summed E-state index contributed by atoms with van der Waals surface area (Å²) in [6.07, 6.45) is 4.48. The molecule has 3 rings (SSSR count). The first-order valence-corrected chi connectivity index (χ1v) is 14.0. The Labute approximate surface area is 233 Å². The second-order valence-electron chi connectivity index (χ2n) is 7.83. The maximum atomic E-state index is 9.98. The van der Waals surface area contributed by atoms with Gasteiger partial charge in [0.15, 0.2) is 14.1 Å². The Morgan fingerprint density at radius 1 is 1.15 bits per heavy atom. The van der Waals surface area contributed by atoms with E-state index in [0.29, 0.717) is 37.4 Å². The highest BCUT2D eigenvalue weighted by atomic mass is 31.2. The van der Waals surface area contributed by atoms with Crippen molar-refractivity contribution in [3.05, 3.63) is 72.4 Å². The van der Waals surface area contributed by atoms with E-state index in [2.05, 4.69) is 31.5 Å². The molecule has 0 spiro atoms. The van der Waals surface area contributed by atoms with Crippen molar-refractivity contribution in [1.82, 2.24) is 15.1 Å². The Kier molecular flexibility index (Phi) is 18.5. The highest BCUT2D eigenvalue weighted by Crippen LogP contribution is 2.33. The standard InChI is InChI=1S/C16H23N6O2P.C9H10O.C3H8O/c1-18-14-11-20-16(17)21-15(14)22(3)9-10-23-12-25(19-2)24-13-7-5-4-6-8-13;10-8-4-7-9-5-2-1-3-6-9;1-3-4-2/h4-8,11,19H,1,9-10,12H2,2-3H3,(H2,17,20,21);1-3,5-6,8H,4,7H2;3H2,1-2H3. The number of carbonyl (C=O) groups is 1. The van der Waals surface area contributed by atoms with Crippen molar-refractivity contribution in [2.75, 3.05) is 57.9 Å². The van der Waals surface area contributed by atoms with Crippen LogP contribution in [-0.4, -0.2) is 70.3 Å². The fraction of sp³-hybridized carbons (Fsp3) is 0.357. The lowest BCUT2D eigenvalue weighted by atomic mass is 10.1. The summed E-state index contributed by atoms with van der Waals surface area (Å²) in [4.78, 5) is 23.9. The number of aromatic nitrogens is 2. The summed E-state index contributed by atoms with van der Waals surface area (Å²) >= 11 is 0. The molecule has 0 radical (unpaired) electrons. The summed E-state index contributed by atoms with van der Waals surface area (Å²) in [6, 6.07) is 19.7. The minimum absolute atomic E-state index is 0.199. The van der Waals surface area contributed by atoms with E-state index >= 15 is 0 Å². The number of carbonyl (C=O) groups excluding carboxylic acids is 1. The molecular formula is C28H41N6O4P. The van der Waals surface area contributed by atoms with Gasteiger partial charge in [-0.05, 0) is 44.8 Å². The minimum atomic E-state index is -0.899. The third-order valence-electron chi connectivity index (χ3n) is 4.97. The zero-order chi connectivity index (χ0) is 28.7. The molecule has 1 heterocycles. The second kappa shape index (κ2) is 21.5. The maximum absolute atomic E-state index is 9.98. The molecule has 1 atom stereocenters. The van der Waals surface area contributed by atoms with Crippen LogP contribution in [0.1, 0.15) is 18.9 Å². The van der Waals surface area contributed by atoms with Crippen molar-refractivity contribution in [2.24, 2.45) is 4.99 Å². The Hall–Kier alpha value is -3.43. The van der Waals surface area contributed by atoms with Crippen molar-refractivity contribution in [2.45, 2.75) is 19.8 Å². The van der Waals surface area contributed by atoms with Crippen LogP contribution in [0.5, 0.6) is 5.75 Å². The van der Waals surface area contributed by atoms with Gasteiger partial charge in [-0.3, -0.25) is 10.1 Å². The molecule has 212 valence electrons. The smallest absolute Gasteiger partial charge is 0.222 e. The number of nitrogens with zero attached hydrogens (tertiary/aromatic N) is 4. The van der Waals surface area contributed by atoms with Crippen LogP contribution in [0.2, 0.25) is 0 Å². The molecule has 0 saturated carbocycles. The fourth-order valence-electron chi connectivity index (χ4n) is 2.84. The van der Waals surface area contributed by atoms with Gasteiger partial charge in [0.25, 0.3) is 0 Å². The number of benzene rings is 2. The second-order valence-corrected chi connectivity index (χ2v) is 9.47. The van der Waals surface area contributed by atoms with Gasteiger partial charge in [0.1, 0.15) is 24.1 Å². The van der Waals surface area contributed by atoms with Crippen molar-refractivity contribution < 1.29 is 18.8 Å². The zero-order valence-electron chi connectivity index (χ0n) is 23.3. The normalized spacial score (nSPS) is 10.7. The predicted octanol–water partition coefficient (Wildman–Crippen LogP) is 4.88. The lowest BCUT2D eigenvalue weighted by Gasteiger charge is -2.21. The average molecular weight is 557 g/mol. The quantitative estimate of drug-likeness (QED) is 0.124. The summed E-state index contributed by atoms with van der Waals surface area (Å²) in [5, 5.41) is 3.14. The number of rotatable bonds is 14. The number of likely N-dealkylation sites (N-methyl/N-ethyl adjacent to an activating group) is 1. The number of nitrogens with one attached hydrogen (secondary N) is 1. The third kappa shape index (κ3) is 14.9. The monoisotopic (exact) mass is 556 g/mol. The van der Waals surface area contributed by atoms with E-state index in [0.717, 1.165) is 25.1 Å². The van der Waals surface area contributed by atoms with Gasteiger partial charge in [-0.1, -0.05) is 48.5 Å². The number of hydrogen-bond donors (Lipinski definition) is 2.